The molecule has 25 heavy (non-hydrogen) atoms. The van der Waals surface area contributed by atoms with E-state index in [1.165, 1.54) is 46.1 Å². The lowest BCUT2D eigenvalue weighted by Crippen LogP contribution is -2.37. The van der Waals surface area contributed by atoms with Crippen LogP contribution in [0.4, 0.5) is 0 Å². The van der Waals surface area contributed by atoms with Crippen molar-refractivity contribution in [1.82, 2.24) is 19.7 Å². The van der Waals surface area contributed by atoms with E-state index in [2.05, 4.69) is 66.6 Å². The van der Waals surface area contributed by atoms with Gasteiger partial charge in [0, 0.05) is 42.8 Å². The monoisotopic (exact) mass is 336 g/mol. The van der Waals surface area contributed by atoms with Crippen LogP contribution >= 0.6 is 0 Å². The SMILES string of the molecule is Cc1cc(C)c2[nH]ccc2c1C[C@@H]1CCN(C)C[C@H]1c1cnn(C)c1. The number of aromatic nitrogens is 3. The maximum absolute atomic E-state index is 4.42. The van der Waals surface area contributed by atoms with Crippen molar-refractivity contribution in [2.24, 2.45) is 13.0 Å². The van der Waals surface area contributed by atoms with Gasteiger partial charge in [-0.2, -0.15) is 5.10 Å². The number of nitrogens with one attached hydrogen (secondary N) is 1. The summed E-state index contributed by atoms with van der Waals surface area (Å²) in [5, 5.41) is 5.83. The number of likely N-dealkylation sites (N-methyl/N-ethyl adjacent to an activating group) is 1. The second-order valence-corrected chi connectivity index (χ2v) is 7.82. The molecule has 2 aromatic heterocycles. The Hall–Kier alpha value is -2.07. The molecule has 1 aliphatic heterocycles. The van der Waals surface area contributed by atoms with Crippen LogP contribution in [0.5, 0.6) is 0 Å². The van der Waals surface area contributed by atoms with Crippen LogP contribution in [0.2, 0.25) is 0 Å². The van der Waals surface area contributed by atoms with Crippen LogP contribution in [0.15, 0.2) is 30.7 Å². The normalized spacial score (nSPS) is 21.9. The van der Waals surface area contributed by atoms with Crippen molar-refractivity contribution < 1.29 is 0 Å². The molecule has 1 N–H and O–H groups in total. The number of likely N-dealkylation sites (tertiary alicyclic amines) is 1. The second-order valence-electron chi connectivity index (χ2n) is 7.82. The highest BCUT2D eigenvalue weighted by Gasteiger charge is 2.30. The first-order valence-corrected chi connectivity index (χ1v) is 9.26. The molecule has 0 spiro atoms. The molecule has 0 bridgehead atoms. The van der Waals surface area contributed by atoms with Gasteiger partial charge in [-0.1, -0.05) is 6.07 Å². The molecule has 3 aromatic rings. The highest BCUT2D eigenvalue weighted by atomic mass is 15.2. The standard InChI is InChI=1S/C21H28N4/c1-14-9-15(2)21-18(5-7-22-21)19(14)10-16-6-8-24(3)13-20(16)17-11-23-25(4)12-17/h5,7,9,11-12,16,20,22H,6,8,10,13H2,1-4H3/t16-,20+/m0/s1. The number of H-pyrrole nitrogens is 1. The van der Waals surface area contributed by atoms with E-state index in [1.807, 2.05) is 11.7 Å². The van der Waals surface area contributed by atoms with E-state index in [0.717, 1.165) is 13.0 Å². The molecule has 4 rings (SSSR count). The fourth-order valence-electron chi connectivity index (χ4n) is 4.59. The predicted molar refractivity (Wildman–Crippen MR) is 103 cm³/mol. The van der Waals surface area contributed by atoms with Gasteiger partial charge in [-0.3, -0.25) is 4.68 Å². The molecule has 4 nitrogen and oxygen atoms in total. The number of piperidine rings is 1. The smallest absolute Gasteiger partial charge is 0.0525 e. The van der Waals surface area contributed by atoms with Crippen molar-refractivity contribution in [3.8, 4) is 0 Å². The number of hydrogen-bond donors (Lipinski definition) is 1. The van der Waals surface area contributed by atoms with Crippen LogP contribution in [0.3, 0.4) is 0 Å². The molecule has 0 unspecified atom stereocenters. The van der Waals surface area contributed by atoms with Crippen LogP contribution in [0, 0.1) is 19.8 Å². The fraction of sp³-hybridized carbons (Fsp3) is 0.476. The Morgan fingerprint density at radius 2 is 2.08 bits per heavy atom. The molecule has 0 amide bonds. The van der Waals surface area contributed by atoms with Gasteiger partial charge in [0.25, 0.3) is 0 Å². The Morgan fingerprint density at radius 1 is 1.24 bits per heavy atom. The van der Waals surface area contributed by atoms with E-state index in [0.29, 0.717) is 11.8 Å². The maximum atomic E-state index is 4.42. The number of aromatic amines is 1. The molecule has 4 heteroatoms. The molecule has 3 heterocycles. The van der Waals surface area contributed by atoms with Crippen molar-refractivity contribution in [2.45, 2.75) is 32.6 Å². The topological polar surface area (TPSA) is 36.9 Å². The summed E-state index contributed by atoms with van der Waals surface area (Å²) in [5.74, 6) is 1.22. The molecule has 0 aliphatic carbocycles. The Kier molecular flexibility index (Phi) is 4.16. The molecule has 1 saturated heterocycles. The average molecular weight is 336 g/mol. The van der Waals surface area contributed by atoms with E-state index in [1.54, 1.807) is 0 Å². The summed E-state index contributed by atoms with van der Waals surface area (Å²) in [6.07, 6.45) is 8.73. The molecule has 0 radical (unpaired) electrons. The number of hydrogen-bond acceptors (Lipinski definition) is 2. The molecule has 1 aromatic carbocycles. The third kappa shape index (κ3) is 2.99. The first kappa shape index (κ1) is 16.4. The zero-order chi connectivity index (χ0) is 17.6. The van der Waals surface area contributed by atoms with Crippen molar-refractivity contribution in [3.63, 3.8) is 0 Å². The highest BCUT2D eigenvalue weighted by molar-refractivity contribution is 5.87. The van der Waals surface area contributed by atoms with Gasteiger partial charge in [-0.15, -0.1) is 0 Å². The largest absolute Gasteiger partial charge is 0.361 e. The van der Waals surface area contributed by atoms with Crippen LogP contribution < -0.4 is 0 Å². The first-order chi connectivity index (χ1) is 12.0. The maximum Gasteiger partial charge on any atom is 0.0525 e. The van der Waals surface area contributed by atoms with Gasteiger partial charge >= 0.3 is 0 Å². The van der Waals surface area contributed by atoms with E-state index in [9.17, 15) is 0 Å². The Labute approximate surface area is 149 Å². The first-order valence-electron chi connectivity index (χ1n) is 9.26. The van der Waals surface area contributed by atoms with E-state index in [4.69, 9.17) is 0 Å². The second kappa shape index (κ2) is 6.34. The van der Waals surface area contributed by atoms with Crippen molar-refractivity contribution in [2.75, 3.05) is 20.1 Å². The van der Waals surface area contributed by atoms with Gasteiger partial charge < -0.3 is 9.88 Å². The van der Waals surface area contributed by atoms with E-state index in [-0.39, 0.29) is 0 Å². The van der Waals surface area contributed by atoms with E-state index >= 15 is 0 Å². The zero-order valence-corrected chi connectivity index (χ0v) is 15.7. The number of rotatable bonds is 3. The van der Waals surface area contributed by atoms with Gasteiger partial charge in [0.15, 0.2) is 0 Å². The summed E-state index contributed by atoms with van der Waals surface area (Å²) in [7, 11) is 4.25. The third-order valence-electron chi connectivity index (χ3n) is 5.95. The molecular formula is C21H28N4. The molecule has 1 aliphatic rings. The highest BCUT2D eigenvalue weighted by Crippen LogP contribution is 2.36. The van der Waals surface area contributed by atoms with Gasteiger partial charge in [-0.25, -0.2) is 0 Å². The predicted octanol–water partition coefficient (Wildman–Crippen LogP) is 3.80. The third-order valence-corrected chi connectivity index (χ3v) is 5.95. The molecular weight excluding hydrogens is 308 g/mol. The van der Waals surface area contributed by atoms with E-state index < -0.39 is 0 Å². The molecule has 132 valence electrons. The Bertz CT molecular complexity index is 889. The quantitative estimate of drug-likeness (QED) is 0.790. The minimum atomic E-state index is 0.558. The number of aryl methyl sites for hydroxylation is 3. The summed E-state index contributed by atoms with van der Waals surface area (Å²) in [6, 6.07) is 4.58. The Morgan fingerprint density at radius 3 is 2.84 bits per heavy atom. The average Bonchev–Trinajstić information content (AvgIpc) is 3.22. The molecule has 1 fully saturated rings. The summed E-state index contributed by atoms with van der Waals surface area (Å²) in [5.41, 5.74) is 6.97. The van der Waals surface area contributed by atoms with Crippen molar-refractivity contribution in [3.05, 3.63) is 53.0 Å². The van der Waals surface area contributed by atoms with Gasteiger partial charge in [0.2, 0.25) is 0 Å². The van der Waals surface area contributed by atoms with Crippen LogP contribution in [-0.2, 0) is 13.5 Å². The Balaban J connectivity index is 1.70. The van der Waals surface area contributed by atoms with Crippen molar-refractivity contribution in [1.29, 1.82) is 0 Å². The number of fused-ring (bicyclic) bond motifs is 1. The lowest BCUT2D eigenvalue weighted by molar-refractivity contribution is 0.188. The summed E-state index contributed by atoms with van der Waals surface area (Å²) in [4.78, 5) is 5.88. The van der Waals surface area contributed by atoms with Gasteiger partial charge in [0.1, 0.15) is 0 Å². The number of nitrogens with zero attached hydrogens (tertiary/aromatic N) is 3. The van der Waals surface area contributed by atoms with Crippen LogP contribution in [-0.4, -0.2) is 39.8 Å². The lowest BCUT2D eigenvalue weighted by Gasteiger charge is -2.37. The minimum Gasteiger partial charge on any atom is -0.361 e. The van der Waals surface area contributed by atoms with Crippen LogP contribution in [0.1, 0.15) is 34.6 Å². The number of benzene rings is 1. The molecule has 0 saturated carbocycles. The summed E-state index contributed by atoms with van der Waals surface area (Å²) >= 11 is 0. The molecule has 2 atom stereocenters. The fourth-order valence-corrected chi connectivity index (χ4v) is 4.59. The lowest BCUT2D eigenvalue weighted by atomic mass is 9.77. The van der Waals surface area contributed by atoms with Crippen LogP contribution in [0.25, 0.3) is 10.9 Å². The zero-order valence-electron chi connectivity index (χ0n) is 15.7. The summed E-state index contributed by atoms with van der Waals surface area (Å²) in [6.45, 7) is 6.77. The minimum absolute atomic E-state index is 0.558. The van der Waals surface area contributed by atoms with Crippen molar-refractivity contribution >= 4 is 10.9 Å². The van der Waals surface area contributed by atoms with Gasteiger partial charge in [-0.05, 0) is 74.5 Å². The summed E-state index contributed by atoms with van der Waals surface area (Å²) < 4.78 is 1.93. The van der Waals surface area contributed by atoms with Gasteiger partial charge in [0.05, 0.1) is 6.20 Å².